The summed E-state index contributed by atoms with van der Waals surface area (Å²) in [6.45, 7) is 0.654. The van der Waals surface area contributed by atoms with Crippen molar-refractivity contribution in [3.05, 3.63) is 64.0 Å². The minimum absolute atomic E-state index is 0.654. The molecule has 3 aromatic rings. The van der Waals surface area contributed by atoms with Crippen molar-refractivity contribution in [1.29, 1.82) is 0 Å². The molecule has 0 aliphatic rings. The van der Waals surface area contributed by atoms with E-state index in [-0.39, 0.29) is 0 Å². The molecule has 2 aromatic heterocycles. The molecule has 6 heteroatoms. The third kappa shape index (κ3) is 3.25. The number of pyridine rings is 1. The molecular formula is C15H12BrClN4. The zero-order valence-electron chi connectivity index (χ0n) is 11.0. The van der Waals surface area contributed by atoms with Gasteiger partial charge in [-0.2, -0.15) is 5.10 Å². The molecule has 0 saturated heterocycles. The van der Waals surface area contributed by atoms with E-state index in [0.717, 1.165) is 27.0 Å². The van der Waals surface area contributed by atoms with E-state index >= 15 is 0 Å². The van der Waals surface area contributed by atoms with Crippen LogP contribution in [0.5, 0.6) is 0 Å². The average molecular weight is 364 g/mol. The van der Waals surface area contributed by atoms with Gasteiger partial charge in [0, 0.05) is 45.2 Å². The molecule has 0 fully saturated rings. The van der Waals surface area contributed by atoms with Crippen LogP contribution in [-0.4, -0.2) is 15.2 Å². The van der Waals surface area contributed by atoms with Crippen LogP contribution >= 0.6 is 27.5 Å². The van der Waals surface area contributed by atoms with E-state index in [4.69, 9.17) is 11.6 Å². The number of hydrogen-bond acceptors (Lipinski definition) is 3. The van der Waals surface area contributed by atoms with Gasteiger partial charge >= 0.3 is 0 Å². The molecule has 0 saturated carbocycles. The summed E-state index contributed by atoms with van der Waals surface area (Å²) in [5.74, 6) is 0. The van der Waals surface area contributed by atoms with Crippen molar-refractivity contribution in [3.63, 3.8) is 0 Å². The van der Waals surface area contributed by atoms with E-state index in [1.807, 2.05) is 42.7 Å². The molecule has 21 heavy (non-hydrogen) atoms. The molecular weight excluding hydrogens is 352 g/mol. The summed E-state index contributed by atoms with van der Waals surface area (Å²) in [6.07, 6.45) is 5.39. The molecule has 1 aromatic carbocycles. The van der Waals surface area contributed by atoms with Crippen LogP contribution < -0.4 is 5.32 Å². The summed E-state index contributed by atoms with van der Waals surface area (Å²) in [4.78, 5) is 4.13. The van der Waals surface area contributed by atoms with Gasteiger partial charge < -0.3 is 5.32 Å². The number of halogens is 2. The Morgan fingerprint density at radius 1 is 1.24 bits per heavy atom. The Bertz CT molecular complexity index is 742. The summed E-state index contributed by atoms with van der Waals surface area (Å²) < 4.78 is 0.932. The maximum atomic E-state index is 5.94. The van der Waals surface area contributed by atoms with E-state index < -0.39 is 0 Å². The van der Waals surface area contributed by atoms with E-state index in [1.54, 1.807) is 6.20 Å². The van der Waals surface area contributed by atoms with Gasteiger partial charge in [0.25, 0.3) is 0 Å². The summed E-state index contributed by atoms with van der Waals surface area (Å²) >= 11 is 9.44. The van der Waals surface area contributed by atoms with Crippen molar-refractivity contribution in [1.82, 2.24) is 15.2 Å². The minimum Gasteiger partial charge on any atom is -0.380 e. The zero-order valence-corrected chi connectivity index (χ0v) is 13.3. The van der Waals surface area contributed by atoms with Crippen LogP contribution in [0.3, 0.4) is 0 Å². The van der Waals surface area contributed by atoms with E-state index in [2.05, 4.69) is 36.4 Å². The Labute approximate surface area is 135 Å². The summed E-state index contributed by atoms with van der Waals surface area (Å²) in [6, 6.07) is 9.56. The highest BCUT2D eigenvalue weighted by Crippen LogP contribution is 2.27. The van der Waals surface area contributed by atoms with Gasteiger partial charge in [0.2, 0.25) is 0 Å². The number of rotatable bonds is 4. The largest absolute Gasteiger partial charge is 0.380 e. The number of benzene rings is 1. The molecule has 0 amide bonds. The molecule has 106 valence electrons. The number of anilines is 1. The maximum absolute atomic E-state index is 5.94. The molecule has 0 bridgehead atoms. The first kappa shape index (κ1) is 14.1. The van der Waals surface area contributed by atoms with Gasteiger partial charge in [-0.25, -0.2) is 0 Å². The van der Waals surface area contributed by atoms with Crippen LogP contribution in [0.1, 0.15) is 5.56 Å². The normalized spacial score (nSPS) is 10.6. The first-order chi connectivity index (χ1) is 10.2. The number of H-pyrrole nitrogens is 1. The fourth-order valence-electron chi connectivity index (χ4n) is 2.03. The van der Waals surface area contributed by atoms with E-state index in [0.29, 0.717) is 11.6 Å². The topological polar surface area (TPSA) is 53.6 Å². The molecule has 4 nitrogen and oxygen atoms in total. The van der Waals surface area contributed by atoms with Crippen LogP contribution in [0.2, 0.25) is 5.02 Å². The molecule has 0 spiro atoms. The Hall–Kier alpha value is -1.85. The lowest BCUT2D eigenvalue weighted by Gasteiger charge is -2.09. The number of nitrogens with one attached hydrogen (secondary N) is 2. The fraction of sp³-hybridized carbons (Fsp3) is 0.0667. The van der Waals surface area contributed by atoms with Crippen molar-refractivity contribution in [2.45, 2.75) is 6.54 Å². The molecule has 0 atom stereocenters. The van der Waals surface area contributed by atoms with Gasteiger partial charge in [0.1, 0.15) is 0 Å². The van der Waals surface area contributed by atoms with Crippen LogP contribution in [-0.2, 0) is 6.54 Å². The minimum atomic E-state index is 0.654. The summed E-state index contributed by atoms with van der Waals surface area (Å²) in [5, 5.41) is 11.2. The second-order valence-corrected chi connectivity index (χ2v) is 5.78. The second kappa shape index (κ2) is 6.28. The van der Waals surface area contributed by atoms with Crippen molar-refractivity contribution < 1.29 is 0 Å². The Kier molecular flexibility index (Phi) is 4.22. The number of hydrogen-bond donors (Lipinski definition) is 2. The summed E-state index contributed by atoms with van der Waals surface area (Å²) in [5.41, 5.74) is 4.05. The lowest BCUT2D eigenvalue weighted by Crippen LogP contribution is -2.00. The molecule has 0 aliphatic carbocycles. The van der Waals surface area contributed by atoms with Gasteiger partial charge in [-0.05, 0) is 46.3 Å². The predicted octanol–water partition coefficient (Wildman–Crippen LogP) is 4.50. The molecule has 0 radical (unpaired) electrons. The molecule has 2 heterocycles. The van der Waals surface area contributed by atoms with Gasteiger partial charge in [-0.3, -0.25) is 10.1 Å². The number of aromatic nitrogens is 3. The number of nitrogens with zero attached hydrogens (tertiary/aromatic N) is 2. The third-order valence-electron chi connectivity index (χ3n) is 3.07. The van der Waals surface area contributed by atoms with Crippen molar-refractivity contribution in [3.8, 4) is 11.3 Å². The highest BCUT2D eigenvalue weighted by molar-refractivity contribution is 9.10. The first-order valence-corrected chi connectivity index (χ1v) is 7.52. The standard InChI is InChI=1S/C15H12BrClN4/c16-13-6-12(17)3-4-14(13)19-8-11-9-20-21-15(11)10-2-1-5-18-7-10/h1-7,9,19H,8H2,(H,20,21). The SMILES string of the molecule is Clc1ccc(NCc2cn[nH]c2-c2cccnc2)c(Br)c1. The van der Waals surface area contributed by atoms with Crippen LogP contribution in [0.4, 0.5) is 5.69 Å². The lowest BCUT2D eigenvalue weighted by atomic mass is 10.1. The fourth-order valence-corrected chi connectivity index (χ4v) is 2.85. The molecule has 3 rings (SSSR count). The van der Waals surface area contributed by atoms with Gasteiger partial charge in [0.05, 0.1) is 11.9 Å². The third-order valence-corrected chi connectivity index (χ3v) is 3.96. The molecule has 2 N–H and O–H groups in total. The quantitative estimate of drug-likeness (QED) is 0.717. The highest BCUT2D eigenvalue weighted by Gasteiger charge is 2.08. The lowest BCUT2D eigenvalue weighted by molar-refractivity contribution is 1.09. The Morgan fingerprint density at radius 2 is 2.14 bits per heavy atom. The number of aromatic amines is 1. The van der Waals surface area contributed by atoms with Crippen molar-refractivity contribution in [2.24, 2.45) is 0 Å². The van der Waals surface area contributed by atoms with Crippen LogP contribution in [0.15, 0.2) is 53.4 Å². The predicted molar refractivity (Wildman–Crippen MR) is 88.3 cm³/mol. The van der Waals surface area contributed by atoms with Crippen molar-refractivity contribution in [2.75, 3.05) is 5.32 Å². The van der Waals surface area contributed by atoms with Gasteiger partial charge in [-0.15, -0.1) is 0 Å². The molecule has 0 unspecified atom stereocenters. The second-order valence-electron chi connectivity index (χ2n) is 4.49. The highest BCUT2D eigenvalue weighted by atomic mass is 79.9. The monoisotopic (exact) mass is 362 g/mol. The van der Waals surface area contributed by atoms with E-state index in [9.17, 15) is 0 Å². The van der Waals surface area contributed by atoms with Gasteiger partial charge in [-0.1, -0.05) is 11.6 Å². The van der Waals surface area contributed by atoms with Crippen LogP contribution in [0, 0.1) is 0 Å². The van der Waals surface area contributed by atoms with Gasteiger partial charge in [0.15, 0.2) is 0 Å². The first-order valence-electron chi connectivity index (χ1n) is 6.35. The smallest absolute Gasteiger partial charge is 0.0715 e. The average Bonchev–Trinajstić information content (AvgIpc) is 2.96. The van der Waals surface area contributed by atoms with Crippen molar-refractivity contribution >= 4 is 33.2 Å². The Balaban J connectivity index is 1.79. The zero-order chi connectivity index (χ0) is 14.7. The maximum Gasteiger partial charge on any atom is 0.0715 e. The van der Waals surface area contributed by atoms with Crippen LogP contribution in [0.25, 0.3) is 11.3 Å². The Morgan fingerprint density at radius 3 is 2.90 bits per heavy atom. The molecule has 0 aliphatic heterocycles. The summed E-state index contributed by atoms with van der Waals surface area (Å²) in [7, 11) is 0. The van der Waals surface area contributed by atoms with E-state index in [1.165, 1.54) is 0 Å².